The minimum Gasteiger partial charge on any atom is -0.329 e. The zero-order chi connectivity index (χ0) is 14.3. The van der Waals surface area contributed by atoms with Crippen molar-refractivity contribution in [1.29, 1.82) is 0 Å². The van der Waals surface area contributed by atoms with Crippen molar-refractivity contribution in [2.75, 3.05) is 18.0 Å². The molecule has 1 unspecified atom stereocenters. The maximum absolute atomic E-state index is 13.3. The Morgan fingerprint density at radius 2 is 1.90 bits per heavy atom. The highest BCUT2D eigenvalue weighted by Crippen LogP contribution is 2.27. The highest BCUT2D eigenvalue weighted by molar-refractivity contribution is 6.06. The van der Waals surface area contributed by atoms with E-state index >= 15 is 0 Å². The normalized spacial score (nSPS) is 23.0. The number of hydrogen-bond acceptors (Lipinski definition) is 2. The van der Waals surface area contributed by atoms with Crippen LogP contribution in [0.15, 0.2) is 18.2 Å². The van der Waals surface area contributed by atoms with Crippen molar-refractivity contribution in [2.45, 2.75) is 25.3 Å². The van der Waals surface area contributed by atoms with Crippen LogP contribution < -0.4 is 4.90 Å². The summed E-state index contributed by atoms with van der Waals surface area (Å²) >= 11 is 0. The smallest absolute Gasteiger partial charge is 0.250 e. The number of nitrogens with zero attached hydrogens (tertiary/aromatic N) is 2. The summed E-state index contributed by atoms with van der Waals surface area (Å²) in [5, 5.41) is 0. The molecule has 4 nitrogen and oxygen atoms in total. The number of piperidine rings is 1. The van der Waals surface area contributed by atoms with E-state index in [9.17, 15) is 18.4 Å². The quantitative estimate of drug-likeness (QED) is 0.785. The summed E-state index contributed by atoms with van der Waals surface area (Å²) in [7, 11) is 0. The van der Waals surface area contributed by atoms with Crippen LogP contribution in [-0.4, -0.2) is 35.8 Å². The van der Waals surface area contributed by atoms with Crippen molar-refractivity contribution >= 4 is 17.5 Å². The molecule has 106 valence electrons. The van der Waals surface area contributed by atoms with Crippen molar-refractivity contribution in [3.63, 3.8) is 0 Å². The van der Waals surface area contributed by atoms with Gasteiger partial charge in [0.15, 0.2) is 11.6 Å². The molecule has 0 saturated carbocycles. The first-order chi connectivity index (χ1) is 9.58. The van der Waals surface area contributed by atoms with E-state index < -0.39 is 17.7 Å². The second-order valence-electron chi connectivity index (χ2n) is 5.12. The number of amides is 2. The number of halogens is 2. The lowest BCUT2D eigenvalue weighted by Crippen LogP contribution is -2.61. The Bertz CT molecular complexity index is 576. The zero-order valence-corrected chi connectivity index (χ0v) is 10.8. The van der Waals surface area contributed by atoms with Gasteiger partial charge in [-0.25, -0.2) is 8.78 Å². The largest absolute Gasteiger partial charge is 0.329 e. The summed E-state index contributed by atoms with van der Waals surface area (Å²) in [6, 6.07) is 2.79. The van der Waals surface area contributed by atoms with Crippen LogP contribution in [0.25, 0.3) is 0 Å². The van der Waals surface area contributed by atoms with Gasteiger partial charge >= 0.3 is 0 Å². The standard InChI is InChI=1S/C14H14F2N2O2/c15-10-5-4-9(7-11(10)16)18-8-13(19)17-6-2-1-3-12(17)14(18)20/h4-5,7,12H,1-3,6,8H2. The van der Waals surface area contributed by atoms with Crippen molar-refractivity contribution in [2.24, 2.45) is 0 Å². The maximum atomic E-state index is 13.3. The van der Waals surface area contributed by atoms with Crippen LogP contribution in [-0.2, 0) is 9.59 Å². The summed E-state index contributed by atoms with van der Waals surface area (Å²) in [4.78, 5) is 27.3. The van der Waals surface area contributed by atoms with Gasteiger partial charge in [0.2, 0.25) is 11.8 Å². The second kappa shape index (κ2) is 4.85. The number of carbonyl (C=O) groups excluding carboxylic acids is 2. The number of rotatable bonds is 1. The molecule has 2 fully saturated rings. The lowest BCUT2D eigenvalue weighted by atomic mass is 9.98. The molecule has 0 spiro atoms. The minimum atomic E-state index is -1.02. The van der Waals surface area contributed by atoms with Crippen LogP contribution in [0.4, 0.5) is 14.5 Å². The zero-order valence-electron chi connectivity index (χ0n) is 10.8. The summed E-state index contributed by atoms with van der Waals surface area (Å²) in [6.07, 6.45) is 2.43. The van der Waals surface area contributed by atoms with Crippen LogP contribution in [0, 0.1) is 11.6 Å². The van der Waals surface area contributed by atoms with Crippen molar-refractivity contribution < 1.29 is 18.4 Å². The van der Waals surface area contributed by atoms with Gasteiger partial charge in [-0.1, -0.05) is 0 Å². The molecular formula is C14H14F2N2O2. The van der Waals surface area contributed by atoms with Crippen LogP contribution in [0.3, 0.4) is 0 Å². The average molecular weight is 280 g/mol. The number of anilines is 1. The molecule has 0 N–H and O–H groups in total. The molecule has 1 aromatic rings. The molecule has 0 aromatic heterocycles. The summed E-state index contributed by atoms with van der Waals surface area (Å²) in [6.45, 7) is 0.487. The number of hydrogen-bond donors (Lipinski definition) is 0. The first-order valence-electron chi connectivity index (χ1n) is 6.64. The third-order valence-corrected chi connectivity index (χ3v) is 3.88. The Hall–Kier alpha value is -1.98. The first kappa shape index (κ1) is 13.0. The number of carbonyl (C=O) groups is 2. The monoisotopic (exact) mass is 280 g/mol. The molecule has 2 saturated heterocycles. The fourth-order valence-corrected chi connectivity index (χ4v) is 2.84. The maximum Gasteiger partial charge on any atom is 0.250 e. The van der Waals surface area contributed by atoms with Gasteiger partial charge < -0.3 is 9.80 Å². The van der Waals surface area contributed by atoms with Gasteiger partial charge in [-0.2, -0.15) is 0 Å². The highest BCUT2D eigenvalue weighted by atomic mass is 19.2. The van der Waals surface area contributed by atoms with Gasteiger partial charge in [0.05, 0.1) is 0 Å². The Balaban J connectivity index is 1.92. The molecule has 2 aliphatic rings. The van der Waals surface area contributed by atoms with Crippen LogP contribution >= 0.6 is 0 Å². The summed E-state index contributed by atoms with van der Waals surface area (Å²) in [5.74, 6) is -2.34. The Morgan fingerprint density at radius 3 is 2.65 bits per heavy atom. The summed E-state index contributed by atoms with van der Waals surface area (Å²) in [5.41, 5.74) is 0.229. The molecule has 2 heterocycles. The van der Waals surface area contributed by atoms with Crippen LogP contribution in [0.2, 0.25) is 0 Å². The molecule has 2 aliphatic heterocycles. The van der Waals surface area contributed by atoms with Gasteiger partial charge in [-0.3, -0.25) is 9.59 Å². The molecule has 3 rings (SSSR count). The fourth-order valence-electron chi connectivity index (χ4n) is 2.84. The lowest BCUT2D eigenvalue weighted by molar-refractivity contribution is -0.144. The molecule has 0 bridgehead atoms. The Morgan fingerprint density at radius 1 is 1.10 bits per heavy atom. The van der Waals surface area contributed by atoms with Crippen molar-refractivity contribution in [1.82, 2.24) is 4.90 Å². The SMILES string of the molecule is O=C1C2CCCCN2C(=O)CN1c1ccc(F)c(F)c1. The summed E-state index contributed by atoms with van der Waals surface area (Å²) < 4.78 is 26.2. The third kappa shape index (κ3) is 2.05. The predicted octanol–water partition coefficient (Wildman–Crippen LogP) is 1.69. The lowest BCUT2D eigenvalue weighted by Gasteiger charge is -2.42. The van der Waals surface area contributed by atoms with E-state index in [1.165, 1.54) is 11.0 Å². The van der Waals surface area contributed by atoms with Gasteiger partial charge in [0.1, 0.15) is 12.6 Å². The first-order valence-corrected chi connectivity index (χ1v) is 6.64. The molecule has 1 aromatic carbocycles. The van der Waals surface area contributed by atoms with Crippen LogP contribution in [0.1, 0.15) is 19.3 Å². The van der Waals surface area contributed by atoms with E-state index in [1.54, 1.807) is 4.90 Å². The van der Waals surface area contributed by atoms with Gasteiger partial charge in [0.25, 0.3) is 0 Å². The van der Waals surface area contributed by atoms with Crippen molar-refractivity contribution in [3.8, 4) is 0 Å². The van der Waals surface area contributed by atoms with E-state index in [4.69, 9.17) is 0 Å². The average Bonchev–Trinajstić information content (AvgIpc) is 2.46. The van der Waals surface area contributed by atoms with Crippen LogP contribution in [0.5, 0.6) is 0 Å². The van der Waals surface area contributed by atoms with E-state index in [1.807, 2.05) is 0 Å². The molecule has 1 atom stereocenters. The van der Waals surface area contributed by atoms with Gasteiger partial charge in [-0.15, -0.1) is 0 Å². The number of fused-ring (bicyclic) bond motifs is 1. The van der Waals surface area contributed by atoms with E-state index in [0.29, 0.717) is 13.0 Å². The molecule has 6 heteroatoms. The highest BCUT2D eigenvalue weighted by Gasteiger charge is 2.40. The Labute approximate surface area is 115 Å². The van der Waals surface area contributed by atoms with Gasteiger partial charge in [0, 0.05) is 18.3 Å². The third-order valence-electron chi connectivity index (χ3n) is 3.88. The number of piperazine rings is 1. The van der Waals surface area contributed by atoms with E-state index in [-0.39, 0.29) is 24.0 Å². The molecule has 0 aliphatic carbocycles. The minimum absolute atomic E-state index is 0.111. The Kier molecular flexibility index (Phi) is 3.16. The van der Waals surface area contributed by atoms with Crippen molar-refractivity contribution in [3.05, 3.63) is 29.8 Å². The predicted molar refractivity (Wildman–Crippen MR) is 68.1 cm³/mol. The molecular weight excluding hydrogens is 266 g/mol. The van der Waals surface area contributed by atoms with Gasteiger partial charge in [-0.05, 0) is 31.4 Å². The fraction of sp³-hybridized carbons (Fsp3) is 0.429. The van der Waals surface area contributed by atoms with E-state index in [2.05, 4.69) is 0 Å². The molecule has 2 amide bonds. The molecule has 20 heavy (non-hydrogen) atoms. The topological polar surface area (TPSA) is 40.6 Å². The second-order valence-corrected chi connectivity index (χ2v) is 5.12. The number of benzene rings is 1. The molecule has 0 radical (unpaired) electrons. The van der Waals surface area contributed by atoms with E-state index in [0.717, 1.165) is 25.0 Å².